The molecule has 5 heterocycles. The van der Waals surface area contributed by atoms with Crippen molar-refractivity contribution in [3.63, 3.8) is 0 Å². The molecule has 0 saturated carbocycles. The number of pyridine rings is 1. The highest BCUT2D eigenvalue weighted by Gasteiger charge is 2.37. The molecular weight excluding hydrogens is 727 g/mol. The molecule has 0 aliphatic carbocycles. The molecule has 0 unspecified atom stereocenters. The van der Waals surface area contributed by atoms with Crippen LogP contribution in [0.25, 0.3) is 12.3 Å². The number of carbonyl (C=O) groups excluding carboxylic acids is 2. The molecule has 3 fully saturated rings. The van der Waals surface area contributed by atoms with Crippen molar-refractivity contribution in [3.05, 3.63) is 128 Å². The first kappa shape index (κ1) is 40.9. The quantitative estimate of drug-likeness (QED) is 0.0822. The first-order valence-corrected chi connectivity index (χ1v) is 19.6. The molecule has 3 aliphatic rings. The van der Waals surface area contributed by atoms with Crippen molar-refractivity contribution in [2.75, 3.05) is 39.3 Å². The van der Waals surface area contributed by atoms with Gasteiger partial charge in [0.25, 0.3) is 5.91 Å². The Balaban J connectivity index is 0.922. The summed E-state index contributed by atoms with van der Waals surface area (Å²) in [6.07, 6.45) is 5.83. The van der Waals surface area contributed by atoms with Gasteiger partial charge in [-0.1, -0.05) is 55.1 Å². The molecule has 2 bridgehead atoms. The van der Waals surface area contributed by atoms with Gasteiger partial charge in [-0.25, -0.2) is 4.79 Å². The third-order valence-electron chi connectivity index (χ3n) is 10.4. The lowest BCUT2D eigenvalue weighted by Gasteiger charge is -2.43. The number of alkyl carbamates (subject to hydrolysis) is 1. The van der Waals surface area contributed by atoms with E-state index in [1.54, 1.807) is 23.9 Å². The minimum atomic E-state index is -0.660. The SMILES string of the molecule is C=c1ccc(=O)[nH]/c1=C(O)/C=C\C[C@@H](O)CNCCCCNC(=O)c1cc(COc2cccc([C@@H](NC(=O)O[C@H]3CN4CCC3CC4)c3ccccc3)c2)n(C)n1. The van der Waals surface area contributed by atoms with Crippen molar-refractivity contribution in [2.45, 2.75) is 57.0 Å². The number of aromatic nitrogens is 3. The van der Waals surface area contributed by atoms with E-state index in [9.17, 15) is 24.6 Å². The molecule has 6 N–H and O–H groups in total. The standard InChI is InChI=1S/C43H53N7O7/c1-29-16-17-39(53)46-40(29)37(52)15-9-13-34(51)26-44-20-6-7-21-45-42(54)36-25-33(49(2)48-36)28-56-35-14-8-12-32(24-35)41(31-10-4-3-5-11-31)47-43(55)57-38-27-50-22-18-30(38)19-23-50/h3-5,8-12,14-17,24-25,30,34,38,41,44,51-52H,1,6-7,13,18-23,26-28H2,2H3,(H,45,54)(H,46,53)(H,47,55)/b15-9-,40-37-/t34-,38+,41+/m1/s1. The number of nitrogens with one attached hydrogen (secondary N) is 4. The lowest BCUT2D eigenvalue weighted by atomic mass is 9.86. The van der Waals surface area contributed by atoms with Crippen molar-refractivity contribution < 1.29 is 29.3 Å². The van der Waals surface area contributed by atoms with Crippen molar-refractivity contribution >= 4 is 24.3 Å². The van der Waals surface area contributed by atoms with Crippen LogP contribution in [0.3, 0.4) is 0 Å². The monoisotopic (exact) mass is 779 g/mol. The molecule has 3 saturated heterocycles. The largest absolute Gasteiger partial charge is 0.506 e. The van der Waals surface area contributed by atoms with Crippen molar-refractivity contribution in [3.8, 4) is 5.75 Å². The van der Waals surface area contributed by atoms with Crippen LogP contribution in [0.1, 0.15) is 65.5 Å². The number of hydrogen-bond donors (Lipinski definition) is 6. The number of carbonyl (C=O) groups is 2. The highest BCUT2D eigenvalue weighted by molar-refractivity contribution is 5.92. The Morgan fingerprint density at radius 3 is 2.58 bits per heavy atom. The first-order valence-electron chi connectivity index (χ1n) is 19.6. The molecule has 3 atom stereocenters. The minimum absolute atomic E-state index is 0.0965. The zero-order valence-corrected chi connectivity index (χ0v) is 32.4. The highest BCUT2D eigenvalue weighted by Crippen LogP contribution is 2.31. The molecule has 302 valence electrons. The molecule has 4 aromatic rings. The second kappa shape index (κ2) is 19.9. The average molecular weight is 780 g/mol. The molecule has 57 heavy (non-hydrogen) atoms. The second-order valence-electron chi connectivity index (χ2n) is 14.6. The molecule has 14 heteroatoms. The predicted molar refractivity (Wildman–Crippen MR) is 217 cm³/mol. The number of unbranched alkanes of at least 4 members (excludes halogenated alkanes) is 1. The van der Waals surface area contributed by atoms with E-state index in [-0.39, 0.29) is 35.3 Å². The van der Waals surface area contributed by atoms with Gasteiger partial charge in [-0.05, 0) is 104 Å². The summed E-state index contributed by atoms with van der Waals surface area (Å²) in [7, 11) is 1.77. The van der Waals surface area contributed by atoms with Crippen LogP contribution in [0.4, 0.5) is 4.79 Å². The normalized spacial score (nSPS) is 19.2. The van der Waals surface area contributed by atoms with Gasteiger partial charge in [0.2, 0.25) is 5.56 Å². The first-order chi connectivity index (χ1) is 27.6. The fourth-order valence-electron chi connectivity index (χ4n) is 7.20. The number of nitrogens with zero attached hydrogens (tertiary/aromatic N) is 3. The van der Waals surface area contributed by atoms with Crippen LogP contribution in [0, 0.1) is 5.92 Å². The third-order valence-corrected chi connectivity index (χ3v) is 10.4. The van der Waals surface area contributed by atoms with Gasteiger partial charge < -0.3 is 40.6 Å². The second-order valence-corrected chi connectivity index (χ2v) is 14.6. The van der Waals surface area contributed by atoms with Gasteiger partial charge in [0.05, 0.1) is 23.2 Å². The highest BCUT2D eigenvalue weighted by atomic mass is 16.6. The summed E-state index contributed by atoms with van der Waals surface area (Å²) >= 11 is 0. The number of hydrogen-bond acceptors (Lipinski definition) is 10. The van der Waals surface area contributed by atoms with Gasteiger partial charge in [-0.3, -0.25) is 19.2 Å². The molecule has 14 nitrogen and oxygen atoms in total. The minimum Gasteiger partial charge on any atom is -0.506 e. The predicted octanol–water partition coefficient (Wildman–Crippen LogP) is 2.78. The smallest absolute Gasteiger partial charge is 0.408 e. The van der Waals surface area contributed by atoms with Crippen LogP contribution < -0.4 is 36.8 Å². The number of aliphatic hydroxyl groups is 2. The number of aryl methyl sites for hydroxylation is 1. The maximum atomic E-state index is 13.2. The molecule has 0 radical (unpaired) electrons. The number of fused-ring (bicyclic) bond motifs is 3. The molecule has 0 spiro atoms. The summed E-state index contributed by atoms with van der Waals surface area (Å²) in [5.74, 6) is 0.619. The van der Waals surface area contributed by atoms with Crippen LogP contribution in [-0.2, 0) is 18.4 Å². The van der Waals surface area contributed by atoms with Gasteiger partial charge in [-0.2, -0.15) is 5.10 Å². The lowest BCUT2D eigenvalue weighted by molar-refractivity contribution is -0.0336. The van der Waals surface area contributed by atoms with Gasteiger partial charge in [0, 0.05) is 32.7 Å². The number of aromatic amines is 1. The molecule has 7 rings (SSSR count). The van der Waals surface area contributed by atoms with Crippen LogP contribution in [0.2, 0.25) is 0 Å². The number of H-pyrrole nitrogens is 1. The summed E-state index contributed by atoms with van der Waals surface area (Å²) in [5.41, 5.74) is 2.45. The Kier molecular flexibility index (Phi) is 14.3. The van der Waals surface area contributed by atoms with E-state index in [2.05, 4.69) is 37.5 Å². The number of amides is 2. The Morgan fingerprint density at radius 2 is 1.81 bits per heavy atom. The number of rotatable bonds is 18. The Hall–Kier alpha value is -5.70. The van der Waals surface area contributed by atoms with E-state index in [1.165, 1.54) is 18.2 Å². The summed E-state index contributed by atoms with van der Waals surface area (Å²) in [6.45, 7) is 8.39. The number of benzene rings is 2. The summed E-state index contributed by atoms with van der Waals surface area (Å²) in [6, 6.07) is 21.5. The summed E-state index contributed by atoms with van der Waals surface area (Å²) < 4.78 is 13.8. The number of aliphatic hydroxyl groups excluding tert-OH is 2. The van der Waals surface area contributed by atoms with Crippen LogP contribution >= 0.6 is 0 Å². The van der Waals surface area contributed by atoms with E-state index in [0.29, 0.717) is 48.6 Å². The van der Waals surface area contributed by atoms with Gasteiger partial charge >= 0.3 is 6.09 Å². The van der Waals surface area contributed by atoms with E-state index in [1.807, 2.05) is 54.6 Å². The van der Waals surface area contributed by atoms with Gasteiger partial charge in [0.15, 0.2) is 5.69 Å². The fraction of sp³-hybridized carbons (Fsp3) is 0.395. The topological polar surface area (TPSA) is 183 Å². The van der Waals surface area contributed by atoms with Gasteiger partial charge in [-0.15, -0.1) is 0 Å². The Bertz CT molecular complexity index is 2160. The fourth-order valence-corrected chi connectivity index (χ4v) is 7.20. The zero-order chi connectivity index (χ0) is 40.1. The zero-order valence-electron chi connectivity index (χ0n) is 32.4. The lowest BCUT2D eigenvalue weighted by Crippen LogP contribution is -2.52. The van der Waals surface area contributed by atoms with Crippen LogP contribution in [0.15, 0.2) is 89.7 Å². The van der Waals surface area contributed by atoms with Gasteiger partial charge in [0.1, 0.15) is 24.2 Å². The van der Waals surface area contributed by atoms with Crippen molar-refractivity contribution in [1.82, 2.24) is 35.6 Å². The van der Waals surface area contributed by atoms with E-state index in [4.69, 9.17) is 9.47 Å². The molecule has 2 aromatic carbocycles. The maximum absolute atomic E-state index is 13.2. The Morgan fingerprint density at radius 1 is 1.04 bits per heavy atom. The summed E-state index contributed by atoms with van der Waals surface area (Å²) in [5, 5.41) is 34.8. The van der Waals surface area contributed by atoms with E-state index in [0.717, 1.165) is 62.1 Å². The molecular formula is C43H53N7O7. The summed E-state index contributed by atoms with van der Waals surface area (Å²) in [4.78, 5) is 42.5. The van der Waals surface area contributed by atoms with Crippen LogP contribution in [0.5, 0.6) is 5.75 Å². The van der Waals surface area contributed by atoms with Crippen LogP contribution in [-0.4, -0.2) is 93.4 Å². The van der Waals surface area contributed by atoms with Crippen molar-refractivity contribution in [2.24, 2.45) is 13.0 Å². The van der Waals surface area contributed by atoms with E-state index >= 15 is 0 Å². The Labute approximate surface area is 331 Å². The molecule has 2 amide bonds. The molecule has 2 aromatic heterocycles. The average Bonchev–Trinajstić information content (AvgIpc) is 3.60. The van der Waals surface area contributed by atoms with E-state index < -0.39 is 18.2 Å². The number of ether oxygens (including phenoxy) is 2. The van der Waals surface area contributed by atoms with Crippen molar-refractivity contribution in [1.29, 1.82) is 0 Å². The maximum Gasteiger partial charge on any atom is 0.408 e. The number of piperidine rings is 3. The third kappa shape index (κ3) is 11.7. The molecule has 3 aliphatic heterocycles.